The molecule has 1 N–H and O–H groups in total. The molecule has 0 unspecified atom stereocenters. The van der Waals surface area contributed by atoms with Crippen molar-refractivity contribution in [3.05, 3.63) is 83.2 Å². The first-order valence-corrected chi connectivity index (χ1v) is 10.9. The number of para-hydroxylation sites is 1. The molecule has 5 aromatic rings. The third-order valence-corrected chi connectivity index (χ3v) is 6.16. The fourth-order valence-corrected chi connectivity index (χ4v) is 4.53. The summed E-state index contributed by atoms with van der Waals surface area (Å²) in [4.78, 5) is 26.6. The number of halogens is 2. The van der Waals surface area contributed by atoms with Gasteiger partial charge < -0.3 is 18.7 Å². The van der Waals surface area contributed by atoms with Gasteiger partial charge in [0, 0.05) is 35.9 Å². The zero-order valence-corrected chi connectivity index (χ0v) is 18.4. The maximum atomic E-state index is 14.3. The lowest BCUT2D eigenvalue weighted by atomic mass is 9.97. The first-order valence-electron chi connectivity index (χ1n) is 10.9. The van der Waals surface area contributed by atoms with E-state index < -0.39 is 18.4 Å². The van der Waals surface area contributed by atoms with Crippen molar-refractivity contribution in [1.82, 2.24) is 30.0 Å². The lowest BCUT2D eigenvalue weighted by Crippen LogP contribution is -2.41. The van der Waals surface area contributed by atoms with Gasteiger partial charge >= 0.3 is 11.8 Å². The summed E-state index contributed by atoms with van der Waals surface area (Å²) in [7, 11) is 0. The maximum Gasteiger partial charge on any atom is 0.312 e. The minimum atomic E-state index is -2.82. The van der Waals surface area contributed by atoms with Crippen LogP contribution >= 0.6 is 0 Å². The van der Waals surface area contributed by atoms with Crippen LogP contribution < -0.4 is 0 Å². The number of H-pyrrole nitrogens is 1. The number of alkyl halides is 2. The first kappa shape index (κ1) is 21.1. The number of aryl methyl sites for hydroxylation is 1. The number of pyridine rings is 1. The average Bonchev–Trinajstić information content (AvgIpc) is 3.61. The Hall–Kier alpha value is -4.41. The standard InChI is InChI=1S/C24H18F2N6O3/c1-12-13(6-4-9-27-12)22-30-31-23(35-22)24(33)32-10-8-15-18(29-11-28-15)19(32)20-17(21(25)26)14-5-2-3-7-16(14)34-20/h2-7,9,11,19,21H,8,10H2,1H3,(H,28,29)/t19-/m1/s1. The van der Waals surface area contributed by atoms with Crippen LogP contribution in [0, 0.1) is 6.92 Å². The molecule has 0 saturated carbocycles. The fraction of sp³-hybridized carbons (Fsp3) is 0.208. The number of nitrogens with zero attached hydrogens (tertiary/aromatic N) is 5. The van der Waals surface area contributed by atoms with Gasteiger partial charge in [-0.15, -0.1) is 10.2 Å². The van der Waals surface area contributed by atoms with Crippen molar-refractivity contribution in [3.63, 3.8) is 0 Å². The normalized spacial score (nSPS) is 15.7. The van der Waals surface area contributed by atoms with E-state index in [2.05, 4.69) is 25.1 Å². The molecule has 35 heavy (non-hydrogen) atoms. The van der Waals surface area contributed by atoms with Crippen LogP contribution in [0.4, 0.5) is 8.78 Å². The van der Waals surface area contributed by atoms with E-state index in [0.29, 0.717) is 34.3 Å². The number of hydrogen-bond donors (Lipinski definition) is 1. The topological polar surface area (TPSA) is 114 Å². The number of carbonyl (C=O) groups is 1. The van der Waals surface area contributed by atoms with Crippen LogP contribution in [0.3, 0.4) is 0 Å². The zero-order chi connectivity index (χ0) is 24.1. The van der Waals surface area contributed by atoms with Crippen LogP contribution in [0.2, 0.25) is 0 Å². The molecule has 1 atom stereocenters. The van der Waals surface area contributed by atoms with E-state index >= 15 is 0 Å². The number of fused-ring (bicyclic) bond motifs is 2. The van der Waals surface area contributed by atoms with Crippen LogP contribution in [0.15, 0.2) is 57.8 Å². The van der Waals surface area contributed by atoms with Gasteiger partial charge in [-0.2, -0.15) is 0 Å². The minimum Gasteiger partial charge on any atom is -0.458 e. The van der Waals surface area contributed by atoms with Gasteiger partial charge in [-0.25, -0.2) is 13.8 Å². The third kappa shape index (κ3) is 3.38. The van der Waals surface area contributed by atoms with Crippen molar-refractivity contribution in [2.45, 2.75) is 25.8 Å². The van der Waals surface area contributed by atoms with Crippen molar-refractivity contribution in [2.24, 2.45) is 0 Å². The van der Waals surface area contributed by atoms with Gasteiger partial charge in [-0.1, -0.05) is 18.2 Å². The largest absolute Gasteiger partial charge is 0.458 e. The molecule has 1 aliphatic rings. The molecule has 1 aliphatic heterocycles. The second-order valence-electron chi connectivity index (χ2n) is 8.14. The molecule has 0 bridgehead atoms. The Balaban J connectivity index is 1.46. The highest BCUT2D eigenvalue weighted by atomic mass is 19.3. The number of nitrogens with one attached hydrogen (secondary N) is 1. The van der Waals surface area contributed by atoms with Crippen molar-refractivity contribution in [2.75, 3.05) is 6.54 Å². The summed E-state index contributed by atoms with van der Waals surface area (Å²) in [6.07, 6.45) is 0.740. The molecule has 11 heteroatoms. The molecule has 176 valence electrons. The van der Waals surface area contributed by atoms with Crippen LogP contribution in [0.25, 0.3) is 22.4 Å². The molecule has 0 radical (unpaired) electrons. The summed E-state index contributed by atoms with van der Waals surface area (Å²) in [5, 5.41) is 8.24. The maximum absolute atomic E-state index is 14.3. The minimum absolute atomic E-state index is 0.0366. The number of rotatable bonds is 4. The first-order chi connectivity index (χ1) is 17.0. The molecule has 6 rings (SSSR count). The Labute approximate surface area is 196 Å². The van der Waals surface area contributed by atoms with Gasteiger partial charge in [-0.3, -0.25) is 9.78 Å². The van der Waals surface area contributed by atoms with E-state index in [1.54, 1.807) is 49.5 Å². The van der Waals surface area contributed by atoms with Gasteiger partial charge in [-0.05, 0) is 25.1 Å². The molecular weight excluding hydrogens is 458 g/mol. The Morgan fingerprint density at radius 1 is 1.14 bits per heavy atom. The van der Waals surface area contributed by atoms with Crippen LogP contribution in [-0.4, -0.2) is 42.5 Å². The van der Waals surface area contributed by atoms with Crippen LogP contribution in [-0.2, 0) is 6.42 Å². The number of imidazole rings is 1. The lowest BCUT2D eigenvalue weighted by molar-refractivity contribution is 0.0623. The smallest absolute Gasteiger partial charge is 0.312 e. The number of aromatic nitrogens is 5. The summed E-state index contributed by atoms with van der Waals surface area (Å²) in [6, 6.07) is 9.04. The number of furan rings is 1. The molecular formula is C24H18F2N6O3. The van der Waals surface area contributed by atoms with Crippen molar-refractivity contribution in [1.29, 1.82) is 0 Å². The SMILES string of the molecule is Cc1ncccc1-c1nnc(C(=O)N2CCc3[nH]cnc3[C@@H]2c2oc3ccccc3c2C(F)F)o1. The molecule has 1 aromatic carbocycles. The van der Waals surface area contributed by atoms with Crippen molar-refractivity contribution >= 4 is 16.9 Å². The van der Waals surface area contributed by atoms with E-state index in [-0.39, 0.29) is 29.6 Å². The Morgan fingerprint density at radius 2 is 2.00 bits per heavy atom. The molecule has 1 amide bonds. The molecule has 9 nitrogen and oxygen atoms in total. The highest BCUT2D eigenvalue weighted by molar-refractivity contribution is 5.91. The van der Waals surface area contributed by atoms with E-state index in [1.807, 2.05) is 0 Å². The van der Waals surface area contributed by atoms with Crippen molar-refractivity contribution in [3.8, 4) is 11.5 Å². The molecule has 0 fully saturated rings. The van der Waals surface area contributed by atoms with E-state index in [0.717, 1.165) is 5.69 Å². The Bertz CT molecular complexity index is 1560. The van der Waals surface area contributed by atoms with Gasteiger partial charge in [0.05, 0.1) is 23.1 Å². The predicted octanol–water partition coefficient (Wildman–Crippen LogP) is 4.63. The number of benzene rings is 1. The van der Waals surface area contributed by atoms with Crippen LogP contribution in [0.1, 0.15) is 51.6 Å². The molecule has 0 saturated heterocycles. The summed E-state index contributed by atoms with van der Waals surface area (Å²) >= 11 is 0. The van der Waals surface area contributed by atoms with Crippen LogP contribution in [0.5, 0.6) is 0 Å². The summed E-state index contributed by atoms with van der Waals surface area (Å²) < 4.78 is 40.2. The second-order valence-corrected chi connectivity index (χ2v) is 8.14. The van der Waals surface area contributed by atoms with E-state index in [9.17, 15) is 13.6 Å². The lowest BCUT2D eigenvalue weighted by Gasteiger charge is -2.33. The summed E-state index contributed by atoms with van der Waals surface area (Å²) in [5.41, 5.74) is 2.49. The number of hydrogen-bond acceptors (Lipinski definition) is 7. The summed E-state index contributed by atoms with van der Waals surface area (Å²) in [5.74, 6) is -0.762. The Kier molecular flexibility index (Phi) is 4.90. The molecule has 4 aromatic heterocycles. The number of aromatic amines is 1. The summed E-state index contributed by atoms with van der Waals surface area (Å²) in [6.45, 7) is 2.00. The Morgan fingerprint density at radius 3 is 2.83 bits per heavy atom. The highest BCUT2D eigenvalue weighted by Gasteiger charge is 2.41. The van der Waals surface area contributed by atoms with Gasteiger partial charge in [0.25, 0.3) is 6.43 Å². The second kappa shape index (κ2) is 8.12. The third-order valence-electron chi connectivity index (χ3n) is 6.16. The predicted molar refractivity (Wildman–Crippen MR) is 119 cm³/mol. The quantitative estimate of drug-likeness (QED) is 0.402. The van der Waals surface area contributed by atoms with E-state index in [1.165, 1.54) is 11.2 Å². The number of carbonyl (C=O) groups excluding carboxylic acids is 1. The van der Waals surface area contributed by atoms with Gasteiger partial charge in [0.1, 0.15) is 17.4 Å². The van der Waals surface area contributed by atoms with Gasteiger partial charge in [0.15, 0.2) is 0 Å². The van der Waals surface area contributed by atoms with E-state index in [4.69, 9.17) is 8.83 Å². The number of amides is 1. The molecule has 5 heterocycles. The van der Waals surface area contributed by atoms with Crippen molar-refractivity contribution < 1.29 is 22.4 Å². The highest BCUT2D eigenvalue weighted by Crippen LogP contribution is 2.43. The average molecular weight is 476 g/mol. The monoisotopic (exact) mass is 476 g/mol. The zero-order valence-electron chi connectivity index (χ0n) is 18.4. The van der Waals surface area contributed by atoms with Gasteiger partial charge in [0.2, 0.25) is 5.89 Å². The molecule has 0 aliphatic carbocycles. The molecule has 0 spiro atoms. The fourth-order valence-electron chi connectivity index (χ4n) is 4.53.